The molecule has 0 saturated carbocycles. The van der Waals surface area contributed by atoms with Gasteiger partial charge in [-0.2, -0.15) is 0 Å². The fourth-order valence-corrected chi connectivity index (χ4v) is 8.70. The van der Waals surface area contributed by atoms with E-state index in [4.69, 9.17) is 0 Å². The van der Waals surface area contributed by atoms with Gasteiger partial charge in [-0.25, -0.2) is 16.8 Å². The van der Waals surface area contributed by atoms with Gasteiger partial charge in [0.1, 0.15) is 0 Å². The lowest BCUT2D eigenvalue weighted by Crippen LogP contribution is -2.37. The van der Waals surface area contributed by atoms with Crippen LogP contribution < -0.4 is 0 Å². The van der Waals surface area contributed by atoms with Gasteiger partial charge in [0.25, 0.3) is 0 Å². The molecule has 0 aromatic heterocycles. The Kier molecular flexibility index (Phi) is 7.08. The highest BCUT2D eigenvalue weighted by atomic mass is 32.2. The second-order valence-electron chi connectivity index (χ2n) is 8.70. The van der Waals surface area contributed by atoms with Crippen molar-refractivity contribution in [3.05, 3.63) is 23.8 Å². The molecule has 2 aliphatic heterocycles. The summed E-state index contributed by atoms with van der Waals surface area (Å²) in [5.74, 6) is -0.110. The summed E-state index contributed by atoms with van der Waals surface area (Å²) in [5.41, 5.74) is 0.754. The van der Waals surface area contributed by atoms with E-state index in [0.717, 1.165) is 57.4 Å². The molecular weight excluding hydrogens is 408 g/mol. The first-order valence-corrected chi connectivity index (χ1v) is 13.9. The highest BCUT2D eigenvalue weighted by Crippen LogP contribution is 2.27. The van der Waals surface area contributed by atoms with E-state index in [9.17, 15) is 16.8 Å². The number of hydrogen-bond acceptors (Lipinski definition) is 6. The van der Waals surface area contributed by atoms with Crippen LogP contribution in [0.1, 0.15) is 45.1 Å². The summed E-state index contributed by atoms with van der Waals surface area (Å²) in [6.07, 6.45) is 4.34. The lowest BCUT2D eigenvalue weighted by atomic mass is 10.2. The molecule has 2 unspecified atom stereocenters. The zero-order chi connectivity index (χ0) is 21.2. The number of aryl methyl sites for hydroxylation is 1. The molecule has 6 nitrogen and oxygen atoms in total. The minimum atomic E-state index is -3.72. The predicted octanol–water partition coefficient (Wildman–Crippen LogP) is 2.51. The average Bonchev–Trinajstić information content (AvgIpc) is 3.34. The first-order valence-electron chi connectivity index (χ1n) is 10.6. The Bertz CT molecular complexity index is 916. The molecule has 2 aliphatic rings. The number of hydrogen-bond donors (Lipinski definition) is 0. The van der Waals surface area contributed by atoms with Gasteiger partial charge in [0.05, 0.1) is 21.3 Å². The summed E-state index contributed by atoms with van der Waals surface area (Å²) in [6.45, 7) is 9.26. The van der Waals surface area contributed by atoms with E-state index < -0.39 is 19.7 Å². The summed E-state index contributed by atoms with van der Waals surface area (Å²) < 4.78 is 53.0. The second-order valence-corrected chi connectivity index (χ2v) is 12.7. The molecule has 3 rings (SSSR count). The summed E-state index contributed by atoms with van der Waals surface area (Å²) in [7, 11) is -7.44. The molecule has 2 saturated heterocycles. The van der Waals surface area contributed by atoms with E-state index in [-0.39, 0.29) is 33.4 Å². The van der Waals surface area contributed by atoms with Crippen LogP contribution in [0.15, 0.2) is 28.0 Å². The average molecular weight is 443 g/mol. The van der Waals surface area contributed by atoms with E-state index in [2.05, 4.69) is 9.80 Å². The molecule has 0 bridgehead atoms. The van der Waals surface area contributed by atoms with E-state index in [1.165, 1.54) is 12.1 Å². The number of rotatable bonds is 8. The molecular formula is C21H34N2O4S2. The fraction of sp³-hybridized carbons (Fsp3) is 0.714. The Labute approximate surface area is 176 Å². The number of benzene rings is 1. The van der Waals surface area contributed by atoms with Crippen LogP contribution in [0.5, 0.6) is 0 Å². The first-order chi connectivity index (χ1) is 13.6. The summed E-state index contributed by atoms with van der Waals surface area (Å²) in [6, 6.07) is 4.45. The molecule has 1 aromatic rings. The van der Waals surface area contributed by atoms with Gasteiger partial charge in [0.15, 0.2) is 19.7 Å². The Morgan fingerprint density at radius 3 is 1.62 bits per heavy atom. The third-order valence-corrected chi connectivity index (χ3v) is 10.2. The fourth-order valence-electron chi connectivity index (χ4n) is 4.51. The minimum absolute atomic E-state index is 0.0304. The highest BCUT2D eigenvalue weighted by Gasteiger charge is 2.32. The third kappa shape index (κ3) is 5.40. The van der Waals surface area contributed by atoms with Crippen LogP contribution in [0, 0.1) is 6.92 Å². The lowest BCUT2D eigenvalue weighted by Gasteiger charge is -2.25. The quantitative estimate of drug-likeness (QED) is 0.616. The molecule has 0 N–H and O–H groups in total. The van der Waals surface area contributed by atoms with Gasteiger partial charge in [0, 0.05) is 12.1 Å². The Balaban J connectivity index is 1.88. The van der Waals surface area contributed by atoms with Gasteiger partial charge in [-0.05, 0) is 90.3 Å². The molecule has 2 fully saturated rings. The van der Waals surface area contributed by atoms with Crippen molar-refractivity contribution in [2.75, 3.05) is 37.7 Å². The predicted molar refractivity (Wildman–Crippen MR) is 116 cm³/mol. The topological polar surface area (TPSA) is 74.8 Å². The lowest BCUT2D eigenvalue weighted by molar-refractivity contribution is 0.277. The molecule has 29 heavy (non-hydrogen) atoms. The molecule has 164 valence electrons. The summed E-state index contributed by atoms with van der Waals surface area (Å²) in [5, 5.41) is 0. The van der Waals surface area contributed by atoms with E-state index >= 15 is 0 Å². The van der Waals surface area contributed by atoms with Crippen molar-refractivity contribution in [3.8, 4) is 0 Å². The minimum Gasteiger partial charge on any atom is -0.300 e. The van der Waals surface area contributed by atoms with Crippen molar-refractivity contribution in [1.29, 1.82) is 0 Å². The van der Waals surface area contributed by atoms with E-state index in [1.807, 2.05) is 13.8 Å². The largest absolute Gasteiger partial charge is 0.300 e. The molecule has 0 amide bonds. The molecule has 2 heterocycles. The van der Waals surface area contributed by atoms with Gasteiger partial charge < -0.3 is 0 Å². The second kappa shape index (κ2) is 9.04. The molecule has 8 heteroatoms. The summed E-state index contributed by atoms with van der Waals surface area (Å²) in [4.78, 5) is 4.28. The maximum atomic E-state index is 13.3. The zero-order valence-corrected chi connectivity index (χ0v) is 19.4. The van der Waals surface area contributed by atoms with Crippen molar-refractivity contribution in [2.45, 2.75) is 68.3 Å². The zero-order valence-electron chi connectivity index (χ0n) is 17.8. The van der Waals surface area contributed by atoms with Crippen molar-refractivity contribution >= 4 is 19.7 Å². The van der Waals surface area contributed by atoms with Crippen LogP contribution in [0.25, 0.3) is 0 Å². The van der Waals surface area contributed by atoms with Crippen LogP contribution in [-0.4, -0.2) is 76.4 Å². The molecule has 0 aliphatic carbocycles. The van der Waals surface area contributed by atoms with Crippen LogP contribution in [0.2, 0.25) is 0 Å². The molecule has 1 aromatic carbocycles. The SMILES string of the molecule is Cc1ccc(S(=O)(=O)CC(C)N2CCCC2)c(S(=O)(=O)CC(C)N2CCCC2)c1. The normalized spacial score (nSPS) is 21.5. The highest BCUT2D eigenvalue weighted by molar-refractivity contribution is 7.94. The van der Waals surface area contributed by atoms with Gasteiger partial charge in [-0.3, -0.25) is 9.80 Å². The number of likely N-dealkylation sites (tertiary alicyclic amines) is 2. The monoisotopic (exact) mass is 442 g/mol. The maximum absolute atomic E-state index is 13.3. The Hall–Kier alpha value is -0.960. The van der Waals surface area contributed by atoms with Crippen molar-refractivity contribution in [2.24, 2.45) is 0 Å². The molecule has 2 atom stereocenters. The van der Waals surface area contributed by atoms with Gasteiger partial charge in [0.2, 0.25) is 0 Å². The smallest absolute Gasteiger partial charge is 0.181 e. The molecule has 0 spiro atoms. The van der Waals surface area contributed by atoms with Gasteiger partial charge in [-0.1, -0.05) is 6.07 Å². The van der Waals surface area contributed by atoms with Gasteiger partial charge >= 0.3 is 0 Å². The third-order valence-electron chi connectivity index (χ3n) is 6.22. The Morgan fingerprint density at radius 1 is 0.759 bits per heavy atom. The van der Waals surface area contributed by atoms with Crippen molar-refractivity contribution in [3.63, 3.8) is 0 Å². The summed E-state index contributed by atoms with van der Waals surface area (Å²) >= 11 is 0. The van der Waals surface area contributed by atoms with Crippen molar-refractivity contribution in [1.82, 2.24) is 9.80 Å². The van der Waals surface area contributed by atoms with Crippen LogP contribution in [0.3, 0.4) is 0 Å². The van der Waals surface area contributed by atoms with Gasteiger partial charge in [-0.15, -0.1) is 0 Å². The van der Waals surface area contributed by atoms with E-state index in [0.29, 0.717) is 0 Å². The number of nitrogens with zero attached hydrogens (tertiary/aromatic N) is 2. The van der Waals surface area contributed by atoms with Crippen LogP contribution >= 0.6 is 0 Å². The van der Waals surface area contributed by atoms with E-state index in [1.54, 1.807) is 13.0 Å². The first kappa shape index (κ1) is 22.7. The standard InChI is InChI=1S/C21H34N2O4S2/c1-17-8-9-20(28(24,25)15-18(2)22-10-4-5-11-22)21(14-17)29(26,27)16-19(3)23-12-6-7-13-23/h8-9,14,18-19H,4-7,10-13,15-16H2,1-3H3. The van der Waals surface area contributed by atoms with Crippen molar-refractivity contribution < 1.29 is 16.8 Å². The number of sulfone groups is 2. The maximum Gasteiger partial charge on any atom is 0.181 e. The molecule has 0 radical (unpaired) electrons. The van der Waals surface area contributed by atoms with Crippen LogP contribution in [-0.2, 0) is 19.7 Å². The van der Waals surface area contributed by atoms with Crippen LogP contribution in [0.4, 0.5) is 0 Å². The Morgan fingerprint density at radius 2 is 1.17 bits per heavy atom.